The van der Waals surface area contributed by atoms with Gasteiger partial charge in [-0.15, -0.1) is 11.8 Å². The van der Waals surface area contributed by atoms with E-state index in [2.05, 4.69) is 24.3 Å². The predicted octanol–water partition coefficient (Wildman–Crippen LogP) is 7.39. The number of nitrogens with zero attached hydrogens (tertiary/aromatic N) is 2. The number of rotatable bonds is 9. The molecule has 0 unspecified atom stereocenters. The summed E-state index contributed by atoms with van der Waals surface area (Å²) in [6.45, 7) is 2.35. The van der Waals surface area contributed by atoms with Crippen LogP contribution < -0.4 is 19.6 Å². The van der Waals surface area contributed by atoms with Crippen LogP contribution in [0, 0.1) is 0 Å². The Balaban J connectivity index is 1.36. The Labute approximate surface area is 286 Å². The Hall–Kier alpha value is -5.18. The first kappa shape index (κ1) is 31.4. The SMILES string of the molecule is CCOC(=O)C1=C(c2ccccc2)N=c2s/c(=C/c3ccccc3OCc3cccc4ccccc34)c(=O)n2[C@@H]1c1ccc(SC)cc1. The molecule has 8 heteroatoms. The number of hydrogen-bond acceptors (Lipinski definition) is 7. The van der Waals surface area contributed by atoms with Crippen LogP contribution in [-0.4, -0.2) is 23.4 Å². The van der Waals surface area contributed by atoms with E-state index in [0.717, 1.165) is 37.9 Å². The number of fused-ring (bicyclic) bond motifs is 2. The zero-order valence-electron chi connectivity index (χ0n) is 26.5. The minimum absolute atomic E-state index is 0.197. The summed E-state index contributed by atoms with van der Waals surface area (Å²) in [6, 6.07) is 38.9. The molecule has 1 aliphatic heterocycles. The average Bonchev–Trinajstić information content (AvgIpc) is 3.44. The van der Waals surface area contributed by atoms with Crippen LogP contribution in [0.25, 0.3) is 22.5 Å². The molecule has 0 bridgehead atoms. The number of carbonyl (C=O) groups is 1. The quantitative estimate of drug-likeness (QED) is 0.119. The monoisotopic (exact) mass is 668 g/mol. The van der Waals surface area contributed by atoms with Crippen LogP contribution in [0.4, 0.5) is 0 Å². The molecule has 0 N–H and O–H groups in total. The zero-order chi connectivity index (χ0) is 33.0. The Morgan fingerprint density at radius 2 is 1.62 bits per heavy atom. The first-order chi connectivity index (χ1) is 23.6. The number of carbonyl (C=O) groups excluding carboxylic acids is 1. The first-order valence-electron chi connectivity index (χ1n) is 15.7. The van der Waals surface area contributed by atoms with Crippen molar-refractivity contribution in [1.29, 1.82) is 0 Å². The molecule has 48 heavy (non-hydrogen) atoms. The van der Waals surface area contributed by atoms with E-state index in [1.54, 1.807) is 23.3 Å². The van der Waals surface area contributed by atoms with E-state index in [9.17, 15) is 9.59 Å². The summed E-state index contributed by atoms with van der Waals surface area (Å²) in [5.41, 5.74) is 4.01. The van der Waals surface area contributed by atoms with E-state index in [1.165, 1.54) is 11.3 Å². The molecule has 238 valence electrons. The molecule has 6 nitrogen and oxygen atoms in total. The standard InChI is InChI=1S/C40H32N2O4S2/c1-3-45-39(44)35-36(27-13-5-4-6-14-27)41-40-42(37(35)28-20-22-31(47-2)23-21-28)38(43)34(48-40)24-29-15-8-10-19-33(29)46-25-30-17-11-16-26-12-7-9-18-32(26)30/h4-24,37H,3,25H2,1-2H3/b34-24+/t37-/m1/s1. The van der Waals surface area contributed by atoms with Gasteiger partial charge >= 0.3 is 5.97 Å². The van der Waals surface area contributed by atoms with Gasteiger partial charge in [-0.25, -0.2) is 9.79 Å². The lowest BCUT2D eigenvalue weighted by Gasteiger charge is -2.26. The summed E-state index contributed by atoms with van der Waals surface area (Å²) in [7, 11) is 0. The van der Waals surface area contributed by atoms with Crippen LogP contribution in [0.5, 0.6) is 5.75 Å². The second-order valence-corrected chi connectivity index (χ2v) is 13.1. The summed E-state index contributed by atoms with van der Waals surface area (Å²) in [5.74, 6) is 0.165. The molecule has 6 aromatic rings. The fourth-order valence-corrected chi connectivity index (χ4v) is 7.39. The highest BCUT2D eigenvalue weighted by Crippen LogP contribution is 2.36. The van der Waals surface area contributed by atoms with Crippen LogP contribution in [-0.2, 0) is 16.1 Å². The molecule has 0 saturated carbocycles. The van der Waals surface area contributed by atoms with Crippen molar-refractivity contribution in [3.63, 3.8) is 0 Å². The van der Waals surface area contributed by atoms with Gasteiger partial charge in [0.15, 0.2) is 4.80 Å². The van der Waals surface area contributed by atoms with E-state index in [-0.39, 0.29) is 12.2 Å². The molecule has 0 aliphatic carbocycles. The summed E-state index contributed by atoms with van der Waals surface area (Å²) >= 11 is 2.93. The summed E-state index contributed by atoms with van der Waals surface area (Å²) < 4.78 is 14.1. The predicted molar refractivity (Wildman–Crippen MR) is 194 cm³/mol. The molecule has 0 spiro atoms. The van der Waals surface area contributed by atoms with Crippen molar-refractivity contribution >= 4 is 51.6 Å². The van der Waals surface area contributed by atoms with Crippen molar-refractivity contribution in [2.24, 2.45) is 4.99 Å². The summed E-state index contributed by atoms with van der Waals surface area (Å²) in [5, 5.41) is 2.30. The number of thioether (sulfide) groups is 1. The molecule has 2 heterocycles. The maximum atomic E-state index is 14.4. The van der Waals surface area contributed by atoms with Crippen molar-refractivity contribution in [2.75, 3.05) is 12.9 Å². The molecule has 5 aromatic carbocycles. The van der Waals surface area contributed by atoms with Crippen LogP contribution >= 0.6 is 23.1 Å². The normalized spacial score (nSPS) is 14.5. The fraction of sp³-hybridized carbons (Fsp3) is 0.125. The zero-order valence-corrected chi connectivity index (χ0v) is 28.1. The topological polar surface area (TPSA) is 69.9 Å². The summed E-state index contributed by atoms with van der Waals surface area (Å²) in [6.07, 6.45) is 3.87. The van der Waals surface area contributed by atoms with Crippen molar-refractivity contribution in [2.45, 2.75) is 24.5 Å². The van der Waals surface area contributed by atoms with Gasteiger partial charge in [-0.1, -0.05) is 114 Å². The van der Waals surface area contributed by atoms with E-state index in [1.807, 2.05) is 109 Å². The number of aromatic nitrogens is 1. The Morgan fingerprint density at radius 3 is 2.42 bits per heavy atom. The maximum absolute atomic E-state index is 14.4. The van der Waals surface area contributed by atoms with Crippen LogP contribution in [0.1, 0.15) is 35.2 Å². The van der Waals surface area contributed by atoms with Gasteiger partial charge in [-0.3, -0.25) is 9.36 Å². The second-order valence-electron chi connectivity index (χ2n) is 11.2. The molecule has 0 radical (unpaired) electrons. The Bertz CT molecular complexity index is 2340. The first-order valence-corrected chi connectivity index (χ1v) is 17.7. The van der Waals surface area contributed by atoms with Crippen molar-refractivity contribution in [3.8, 4) is 5.75 Å². The second kappa shape index (κ2) is 13.9. The number of hydrogen-bond donors (Lipinski definition) is 0. The lowest BCUT2D eigenvalue weighted by Crippen LogP contribution is -2.40. The van der Waals surface area contributed by atoms with Gasteiger partial charge in [-0.2, -0.15) is 0 Å². The Kier molecular flexibility index (Phi) is 9.09. The van der Waals surface area contributed by atoms with Gasteiger partial charge in [-0.05, 0) is 59.4 Å². The lowest BCUT2D eigenvalue weighted by molar-refractivity contribution is -0.138. The number of ether oxygens (including phenoxy) is 2. The Morgan fingerprint density at radius 1 is 0.896 bits per heavy atom. The van der Waals surface area contributed by atoms with Crippen LogP contribution in [0.3, 0.4) is 0 Å². The van der Waals surface area contributed by atoms with Crippen LogP contribution in [0.15, 0.2) is 142 Å². The number of esters is 1. The van der Waals surface area contributed by atoms with Gasteiger partial charge in [0.25, 0.3) is 5.56 Å². The third-order valence-corrected chi connectivity index (χ3v) is 10.0. The molecule has 1 aliphatic rings. The van der Waals surface area contributed by atoms with E-state index >= 15 is 0 Å². The smallest absolute Gasteiger partial charge is 0.338 e. The van der Waals surface area contributed by atoms with Crippen molar-refractivity contribution < 1.29 is 14.3 Å². The van der Waals surface area contributed by atoms with Gasteiger partial charge in [0.05, 0.1) is 28.5 Å². The third kappa shape index (κ3) is 6.12. The van der Waals surface area contributed by atoms with Crippen molar-refractivity contribution in [1.82, 2.24) is 4.57 Å². The fourth-order valence-electron chi connectivity index (χ4n) is 5.99. The highest BCUT2D eigenvalue weighted by atomic mass is 32.2. The maximum Gasteiger partial charge on any atom is 0.338 e. The molecule has 7 rings (SSSR count). The van der Waals surface area contributed by atoms with Gasteiger partial charge < -0.3 is 9.47 Å². The highest BCUT2D eigenvalue weighted by Gasteiger charge is 2.35. The minimum atomic E-state index is -0.730. The third-order valence-electron chi connectivity index (χ3n) is 8.27. The van der Waals surface area contributed by atoms with Crippen LogP contribution in [0.2, 0.25) is 0 Å². The number of para-hydroxylation sites is 1. The van der Waals surface area contributed by atoms with Gasteiger partial charge in [0, 0.05) is 16.0 Å². The van der Waals surface area contributed by atoms with Crippen molar-refractivity contribution in [3.05, 3.63) is 169 Å². The van der Waals surface area contributed by atoms with Gasteiger partial charge in [0.2, 0.25) is 0 Å². The molecule has 1 atom stereocenters. The number of benzene rings is 5. The number of thiazole rings is 1. The lowest BCUT2D eigenvalue weighted by atomic mass is 9.93. The van der Waals surface area contributed by atoms with Gasteiger partial charge in [0.1, 0.15) is 12.4 Å². The highest BCUT2D eigenvalue weighted by molar-refractivity contribution is 7.98. The largest absolute Gasteiger partial charge is 0.488 e. The minimum Gasteiger partial charge on any atom is -0.488 e. The molecular weight excluding hydrogens is 637 g/mol. The molecule has 0 saturated heterocycles. The summed E-state index contributed by atoms with van der Waals surface area (Å²) in [4.78, 5) is 34.7. The molecule has 0 fully saturated rings. The molecule has 1 aromatic heterocycles. The molecule has 0 amide bonds. The molecular formula is C40H32N2O4S2. The average molecular weight is 669 g/mol. The van der Waals surface area contributed by atoms with E-state index < -0.39 is 12.0 Å². The van der Waals surface area contributed by atoms with E-state index in [0.29, 0.717) is 33.0 Å². The van der Waals surface area contributed by atoms with E-state index in [4.69, 9.17) is 14.5 Å².